The van der Waals surface area contributed by atoms with Crippen molar-refractivity contribution in [3.63, 3.8) is 0 Å². The molecule has 1 unspecified atom stereocenters. The second kappa shape index (κ2) is 9.17. The molecule has 0 spiro atoms. The highest BCUT2D eigenvalue weighted by Crippen LogP contribution is 2.28. The highest BCUT2D eigenvalue weighted by molar-refractivity contribution is 5.85. The van der Waals surface area contributed by atoms with Gasteiger partial charge in [0.1, 0.15) is 58.5 Å². The zero-order valence-corrected chi connectivity index (χ0v) is 17.8. The second-order valence-corrected chi connectivity index (χ2v) is 7.41. The molecule has 170 valence electrons. The Labute approximate surface area is 186 Å². The van der Waals surface area contributed by atoms with Crippen LogP contribution in [0.2, 0.25) is 0 Å². The molecule has 4 aromatic rings. The minimum Gasteiger partial charge on any atom is -0.490 e. The maximum atomic E-state index is 12.5. The van der Waals surface area contributed by atoms with E-state index in [2.05, 4.69) is 4.74 Å². The monoisotopic (exact) mass is 452 g/mol. The van der Waals surface area contributed by atoms with E-state index < -0.39 is 11.5 Å². The summed E-state index contributed by atoms with van der Waals surface area (Å²) in [5.41, 5.74) is 0.585. The van der Waals surface area contributed by atoms with Gasteiger partial charge in [-0.1, -0.05) is 6.07 Å². The first-order valence-electron chi connectivity index (χ1n) is 10.0. The number of hydrogen-bond acceptors (Lipinski definition) is 9. The predicted octanol–water partition coefficient (Wildman–Crippen LogP) is 2.87. The molecule has 0 aliphatic heterocycles. The zero-order valence-electron chi connectivity index (χ0n) is 17.8. The fraction of sp³-hybridized carbons (Fsp3) is 0.208. The predicted molar refractivity (Wildman–Crippen MR) is 118 cm³/mol. The molecule has 9 heteroatoms. The van der Waals surface area contributed by atoms with E-state index in [1.165, 1.54) is 6.07 Å². The van der Waals surface area contributed by atoms with Gasteiger partial charge in [0, 0.05) is 6.07 Å². The number of carbonyl (C=O) groups is 1. The van der Waals surface area contributed by atoms with Crippen LogP contribution >= 0.6 is 0 Å². The van der Waals surface area contributed by atoms with Crippen LogP contribution in [0.25, 0.3) is 21.9 Å². The molecule has 0 saturated carbocycles. The van der Waals surface area contributed by atoms with Gasteiger partial charge in [-0.2, -0.15) is 0 Å². The molecule has 1 N–H and O–H groups in total. The number of carbonyl (C=O) groups excluding carboxylic acids is 1. The molecule has 33 heavy (non-hydrogen) atoms. The summed E-state index contributed by atoms with van der Waals surface area (Å²) in [6.07, 6.45) is -1.07. The average molecular weight is 452 g/mol. The summed E-state index contributed by atoms with van der Waals surface area (Å²) >= 11 is 0. The zero-order chi connectivity index (χ0) is 23.5. The van der Waals surface area contributed by atoms with E-state index in [0.717, 1.165) is 11.6 Å². The quantitative estimate of drug-likeness (QED) is 0.402. The number of aryl methyl sites for hydroxylation is 2. The Bertz CT molecular complexity index is 1450. The van der Waals surface area contributed by atoms with E-state index in [1.807, 2.05) is 0 Å². The summed E-state index contributed by atoms with van der Waals surface area (Å²) in [4.78, 5) is 35.3. The van der Waals surface area contributed by atoms with Crippen LogP contribution in [-0.4, -0.2) is 30.9 Å². The molecule has 0 saturated heterocycles. The lowest BCUT2D eigenvalue weighted by atomic mass is 10.1. The summed E-state index contributed by atoms with van der Waals surface area (Å²) in [5, 5.41) is 10.8. The lowest BCUT2D eigenvalue weighted by Crippen LogP contribution is -2.25. The van der Waals surface area contributed by atoms with Gasteiger partial charge in [-0.05, 0) is 43.7 Å². The molecule has 1 atom stereocenters. The molecular formula is C24H20O9. The highest BCUT2D eigenvalue weighted by atomic mass is 16.6. The van der Waals surface area contributed by atoms with Gasteiger partial charge >= 0.3 is 6.47 Å². The molecule has 9 nitrogen and oxygen atoms in total. The summed E-state index contributed by atoms with van der Waals surface area (Å²) in [6, 6.07) is 10.6. The number of benzene rings is 2. The summed E-state index contributed by atoms with van der Waals surface area (Å²) in [7, 11) is 0. The van der Waals surface area contributed by atoms with E-state index in [1.54, 1.807) is 44.2 Å². The van der Waals surface area contributed by atoms with Crippen LogP contribution in [0.3, 0.4) is 0 Å². The molecular weight excluding hydrogens is 432 g/mol. The van der Waals surface area contributed by atoms with Gasteiger partial charge in [-0.25, -0.2) is 0 Å². The van der Waals surface area contributed by atoms with Gasteiger partial charge in [0.2, 0.25) is 0 Å². The Hall–Kier alpha value is -4.11. The van der Waals surface area contributed by atoms with Crippen molar-refractivity contribution in [2.24, 2.45) is 0 Å². The van der Waals surface area contributed by atoms with Crippen molar-refractivity contribution in [2.75, 3.05) is 13.2 Å². The van der Waals surface area contributed by atoms with Gasteiger partial charge in [0.25, 0.3) is 5.95 Å². The van der Waals surface area contributed by atoms with Gasteiger partial charge in [0.15, 0.2) is 10.9 Å². The Morgan fingerprint density at radius 3 is 2.36 bits per heavy atom. The number of hydrogen-bond donors (Lipinski definition) is 1. The van der Waals surface area contributed by atoms with E-state index >= 15 is 0 Å². The third-order valence-corrected chi connectivity index (χ3v) is 4.78. The first kappa shape index (κ1) is 22.1. The van der Waals surface area contributed by atoms with Crippen molar-refractivity contribution in [1.82, 2.24) is 0 Å². The third-order valence-electron chi connectivity index (χ3n) is 4.78. The SMILES string of the molecule is Cc1cc(OCC(O)COc2cccc3oc(C)cc(=O)c23)c2c(=O)cc(OC=O)oc2c1. The molecule has 0 fully saturated rings. The van der Waals surface area contributed by atoms with Gasteiger partial charge in [-0.15, -0.1) is 0 Å². The summed E-state index contributed by atoms with van der Waals surface area (Å²) < 4.78 is 26.9. The van der Waals surface area contributed by atoms with Crippen LogP contribution in [0.1, 0.15) is 11.3 Å². The van der Waals surface area contributed by atoms with Crippen molar-refractivity contribution >= 4 is 28.4 Å². The standard InChI is InChI=1S/C24H20O9/c1-13-6-20(24-17(28)9-22(31-12-25)33-21(24)7-13)30-11-15(26)10-29-18-4-3-5-19-23(18)16(27)8-14(2)32-19/h3-9,12,15,26H,10-11H2,1-2H3. The van der Waals surface area contributed by atoms with Crippen LogP contribution in [0.4, 0.5) is 0 Å². The lowest BCUT2D eigenvalue weighted by molar-refractivity contribution is -0.121. The normalized spacial score (nSPS) is 12.0. The Morgan fingerprint density at radius 1 is 0.909 bits per heavy atom. The largest absolute Gasteiger partial charge is 0.490 e. The number of ether oxygens (including phenoxy) is 3. The van der Waals surface area contributed by atoms with Gasteiger partial charge in [0.05, 0.1) is 6.07 Å². The Balaban J connectivity index is 1.50. The summed E-state index contributed by atoms with van der Waals surface area (Å²) in [6.45, 7) is 3.26. The first-order chi connectivity index (χ1) is 15.9. The van der Waals surface area contributed by atoms with E-state index in [4.69, 9.17) is 18.3 Å². The average Bonchev–Trinajstić information content (AvgIpc) is 2.75. The minimum absolute atomic E-state index is 0.147. The minimum atomic E-state index is -1.07. The number of fused-ring (bicyclic) bond motifs is 2. The smallest absolute Gasteiger partial charge is 0.300 e. The van der Waals surface area contributed by atoms with Crippen molar-refractivity contribution in [1.29, 1.82) is 0 Å². The number of rotatable bonds is 8. The molecule has 2 heterocycles. The third kappa shape index (κ3) is 4.73. The topological polar surface area (TPSA) is 125 Å². The van der Waals surface area contributed by atoms with Crippen LogP contribution < -0.4 is 25.1 Å². The number of aliphatic hydroxyl groups excluding tert-OH is 1. The fourth-order valence-electron chi connectivity index (χ4n) is 3.42. The maximum Gasteiger partial charge on any atom is 0.300 e. The van der Waals surface area contributed by atoms with Gasteiger partial charge in [-0.3, -0.25) is 14.4 Å². The summed E-state index contributed by atoms with van der Waals surface area (Å²) in [5.74, 6) is 0.737. The Morgan fingerprint density at radius 2 is 1.61 bits per heavy atom. The fourth-order valence-corrected chi connectivity index (χ4v) is 3.42. The highest BCUT2D eigenvalue weighted by Gasteiger charge is 2.16. The van der Waals surface area contributed by atoms with Crippen molar-refractivity contribution in [3.8, 4) is 17.4 Å². The molecule has 2 aromatic heterocycles. The molecule has 0 aliphatic rings. The second-order valence-electron chi connectivity index (χ2n) is 7.41. The van der Waals surface area contributed by atoms with E-state index in [0.29, 0.717) is 11.3 Å². The molecule has 0 bridgehead atoms. The lowest BCUT2D eigenvalue weighted by Gasteiger charge is -2.15. The molecule has 2 aromatic carbocycles. The molecule has 0 aliphatic carbocycles. The molecule has 4 rings (SSSR count). The van der Waals surface area contributed by atoms with Crippen molar-refractivity contribution in [3.05, 3.63) is 74.2 Å². The van der Waals surface area contributed by atoms with Crippen LogP contribution in [0, 0.1) is 13.8 Å². The number of aliphatic hydroxyl groups is 1. The first-order valence-corrected chi connectivity index (χ1v) is 10.0. The maximum absolute atomic E-state index is 12.5. The van der Waals surface area contributed by atoms with Crippen LogP contribution in [0.5, 0.6) is 17.4 Å². The Kier molecular flexibility index (Phi) is 6.14. The van der Waals surface area contributed by atoms with E-state index in [-0.39, 0.29) is 58.9 Å². The molecule has 0 amide bonds. The van der Waals surface area contributed by atoms with Crippen LogP contribution in [0.15, 0.2) is 60.9 Å². The van der Waals surface area contributed by atoms with Gasteiger partial charge < -0.3 is 28.2 Å². The van der Waals surface area contributed by atoms with Crippen LogP contribution in [-0.2, 0) is 4.79 Å². The molecule has 0 radical (unpaired) electrons. The van der Waals surface area contributed by atoms with E-state index in [9.17, 15) is 19.5 Å². The van der Waals surface area contributed by atoms with Crippen molar-refractivity contribution < 1.29 is 32.9 Å². The van der Waals surface area contributed by atoms with Crippen molar-refractivity contribution in [2.45, 2.75) is 20.0 Å².